The van der Waals surface area contributed by atoms with Crippen LogP contribution < -0.4 is 14.8 Å². The van der Waals surface area contributed by atoms with Gasteiger partial charge in [-0.2, -0.15) is 8.78 Å². The summed E-state index contributed by atoms with van der Waals surface area (Å²) in [4.78, 5) is 14.0. The third kappa shape index (κ3) is 4.96. The van der Waals surface area contributed by atoms with Gasteiger partial charge in [-0.25, -0.2) is 0 Å². The molecule has 0 spiro atoms. The van der Waals surface area contributed by atoms with E-state index in [0.717, 1.165) is 16.5 Å². The molecule has 27 heavy (non-hydrogen) atoms. The molecule has 0 fully saturated rings. The molecule has 0 unspecified atom stereocenters. The minimum atomic E-state index is -3.00. The highest BCUT2D eigenvalue weighted by Crippen LogP contribution is 2.24. The van der Waals surface area contributed by atoms with Crippen LogP contribution in [0.2, 0.25) is 0 Å². The Morgan fingerprint density at radius 1 is 1.30 bits per heavy atom. The second-order valence-electron chi connectivity index (χ2n) is 5.89. The van der Waals surface area contributed by atoms with Crippen molar-refractivity contribution in [2.45, 2.75) is 12.8 Å². The number of nitrogens with one attached hydrogen (secondary N) is 2. The molecule has 0 saturated heterocycles. The van der Waals surface area contributed by atoms with Gasteiger partial charge in [-0.1, -0.05) is 0 Å². The molecule has 0 aliphatic carbocycles. The number of aryl methyl sites for hydroxylation is 1. The Kier molecular flexibility index (Phi) is 5.90. The SMILES string of the molecule is Cn1ccc(OCCOc2ccc3[nH]cc(CCNC(=O)C(F)F)c3c2)n1. The first-order valence-corrected chi connectivity index (χ1v) is 8.44. The van der Waals surface area contributed by atoms with Crippen LogP contribution in [0.1, 0.15) is 5.56 Å². The standard InChI is InChI=1S/C18H20F2N4O3/c1-24-7-5-16(23-24)27-9-8-26-13-2-3-15-14(10-13)12(11-22-15)4-6-21-18(25)17(19)20/h2-3,5,7,10-11,17,22H,4,6,8-9H2,1H3,(H,21,25). The van der Waals surface area contributed by atoms with Gasteiger partial charge in [0, 0.05) is 43.0 Å². The summed E-state index contributed by atoms with van der Waals surface area (Å²) in [7, 11) is 1.81. The monoisotopic (exact) mass is 378 g/mol. The molecule has 1 amide bonds. The molecule has 2 aromatic heterocycles. The van der Waals surface area contributed by atoms with Crippen molar-refractivity contribution in [1.29, 1.82) is 0 Å². The predicted molar refractivity (Wildman–Crippen MR) is 95.2 cm³/mol. The topological polar surface area (TPSA) is 81.2 Å². The summed E-state index contributed by atoms with van der Waals surface area (Å²) in [5, 5.41) is 7.23. The van der Waals surface area contributed by atoms with Crippen LogP contribution >= 0.6 is 0 Å². The smallest absolute Gasteiger partial charge is 0.315 e. The highest BCUT2D eigenvalue weighted by molar-refractivity contribution is 5.84. The van der Waals surface area contributed by atoms with Gasteiger partial charge in [-0.05, 0) is 30.2 Å². The number of benzene rings is 1. The molecule has 0 bridgehead atoms. The molecular weight excluding hydrogens is 358 g/mol. The minimum Gasteiger partial charge on any atom is -0.490 e. The number of amides is 1. The lowest BCUT2D eigenvalue weighted by Gasteiger charge is -2.08. The number of alkyl halides is 2. The number of aromatic amines is 1. The van der Waals surface area contributed by atoms with Gasteiger partial charge >= 0.3 is 6.43 Å². The quantitative estimate of drug-likeness (QED) is 0.560. The fourth-order valence-electron chi connectivity index (χ4n) is 2.63. The van der Waals surface area contributed by atoms with E-state index >= 15 is 0 Å². The molecule has 0 atom stereocenters. The van der Waals surface area contributed by atoms with Crippen molar-refractivity contribution in [1.82, 2.24) is 20.1 Å². The zero-order chi connectivity index (χ0) is 19.2. The molecular formula is C18H20F2N4O3. The van der Waals surface area contributed by atoms with Crippen molar-refractivity contribution in [3.63, 3.8) is 0 Å². The molecule has 9 heteroatoms. The third-order valence-corrected chi connectivity index (χ3v) is 3.92. The van der Waals surface area contributed by atoms with Gasteiger partial charge in [0.05, 0.1) is 0 Å². The van der Waals surface area contributed by atoms with Crippen LogP contribution in [0.5, 0.6) is 11.6 Å². The number of fused-ring (bicyclic) bond motifs is 1. The predicted octanol–water partition coefficient (Wildman–Crippen LogP) is 2.28. The van der Waals surface area contributed by atoms with Crippen molar-refractivity contribution in [2.75, 3.05) is 19.8 Å². The van der Waals surface area contributed by atoms with Gasteiger partial charge in [0.25, 0.3) is 5.91 Å². The van der Waals surface area contributed by atoms with Crippen LogP contribution in [-0.4, -0.2) is 46.9 Å². The molecule has 0 aliphatic heterocycles. The van der Waals surface area contributed by atoms with Gasteiger partial charge in [0.15, 0.2) is 0 Å². The van der Waals surface area contributed by atoms with E-state index in [4.69, 9.17) is 9.47 Å². The number of rotatable bonds is 9. The van der Waals surface area contributed by atoms with Crippen LogP contribution in [0.25, 0.3) is 10.9 Å². The molecule has 3 aromatic rings. The summed E-state index contributed by atoms with van der Waals surface area (Å²) in [5.41, 5.74) is 1.82. The average Bonchev–Trinajstić information content (AvgIpc) is 3.24. The van der Waals surface area contributed by atoms with Gasteiger partial charge in [0.1, 0.15) is 19.0 Å². The number of aromatic nitrogens is 3. The minimum absolute atomic E-state index is 0.138. The Hall–Kier alpha value is -3.10. The van der Waals surface area contributed by atoms with E-state index in [1.54, 1.807) is 23.1 Å². The average molecular weight is 378 g/mol. The Morgan fingerprint density at radius 3 is 2.85 bits per heavy atom. The number of nitrogens with zero attached hydrogens (tertiary/aromatic N) is 2. The van der Waals surface area contributed by atoms with Crippen molar-refractivity contribution in [3.05, 3.63) is 42.2 Å². The lowest BCUT2D eigenvalue weighted by molar-refractivity contribution is -0.131. The summed E-state index contributed by atoms with van der Waals surface area (Å²) in [5.74, 6) is -0.0494. The lowest BCUT2D eigenvalue weighted by Crippen LogP contribution is -2.31. The zero-order valence-corrected chi connectivity index (χ0v) is 14.7. The molecule has 2 N–H and O–H groups in total. The van der Waals surface area contributed by atoms with Crippen molar-refractivity contribution >= 4 is 16.8 Å². The first-order chi connectivity index (χ1) is 13.0. The summed E-state index contributed by atoms with van der Waals surface area (Å²) in [6.07, 6.45) is 1.03. The Balaban J connectivity index is 1.53. The second kappa shape index (κ2) is 8.52. The first-order valence-electron chi connectivity index (χ1n) is 8.44. The molecule has 0 aliphatic rings. The van der Waals surface area contributed by atoms with E-state index in [2.05, 4.69) is 15.4 Å². The summed E-state index contributed by atoms with van der Waals surface area (Å²) in [6.45, 7) is 0.847. The van der Waals surface area contributed by atoms with Crippen LogP contribution in [0.3, 0.4) is 0 Å². The normalized spacial score (nSPS) is 11.1. The van der Waals surface area contributed by atoms with E-state index in [9.17, 15) is 13.6 Å². The largest absolute Gasteiger partial charge is 0.490 e. The zero-order valence-electron chi connectivity index (χ0n) is 14.7. The maximum absolute atomic E-state index is 12.2. The van der Waals surface area contributed by atoms with E-state index in [-0.39, 0.29) is 6.54 Å². The first kappa shape index (κ1) is 18.7. The van der Waals surface area contributed by atoms with Gasteiger partial charge in [-0.15, -0.1) is 5.10 Å². The highest BCUT2D eigenvalue weighted by atomic mass is 19.3. The molecule has 3 rings (SSSR count). The van der Waals surface area contributed by atoms with Crippen molar-refractivity contribution < 1.29 is 23.0 Å². The van der Waals surface area contributed by atoms with Crippen molar-refractivity contribution in [2.24, 2.45) is 7.05 Å². The lowest BCUT2D eigenvalue weighted by atomic mass is 10.1. The van der Waals surface area contributed by atoms with Crippen LogP contribution in [0, 0.1) is 0 Å². The Labute approximate surface area is 154 Å². The van der Waals surface area contributed by atoms with E-state index in [1.807, 2.05) is 25.2 Å². The molecule has 0 radical (unpaired) electrons. The number of halogens is 2. The number of H-pyrrole nitrogens is 1. The molecule has 7 nitrogen and oxygen atoms in total. The maximum Gasteiger partial charge on any atom is 0.315 e. The molecule has 144 valence electrons. The molecule has 0 saturated carbocycles. The van der Waals surface area contributed by atoms with E-state index in [0.29, 0.717) is 31.3 Å². The summed E-state index contributed by atoms with van der Waals surface area (Å²) >= 11 is 0. The van der Waals surface area contributed by atoms with Crippen molar-refractivity contribution in [3.8, 4) is 11.6 Å². The van der Waals surface area contributed by atoms with E-state index in [1.165, 1.54) is 0 Å². The maximum atomic E-state index is 12.2. The van der Waals surface area contributed by atoms with Gasteiger partial charge in [0.2, 0.25) is 5.88 Å². The number of hydrogen-bond acceptors (Lipinski definition) is 4. The Morgan fingerprint density at radius 2 is 2.11 bits per heavy atom. The molecule has 2 heterocycles. The summed E-state index contributed by atoms with van der Waals surface area (Å²) in [6, 6.07) is 7.36. The number of carbonyl (C=O) groups excluding carboxylic acids is 1. The molecule has 1 aromatic carbocycles. The number of hydrogen-bond donors (Lipinski definition) is 2. The van der Waals surface area contributed by atoms with E-state index < -0.39 is 12.3 Å². The van der Waals surface area contributed by atoms with Gasteiger partial charge in [-0.3, -0.25) is 9.48 Å². The fourth-order valence-corrected chi connectivity index (χ4v) is 2.63. The van der Waals surface area contributed by atoms with Crippen LogP contribution in [0.4, 0.5) is 8.78 Å². The second-order valence-corrected chi connectivity index (χ2v) is 5.89. The third-order valence-electron chi connectivity index (χ3n) is 3.92. The van der Waals surface area contributed by atoms with Gasteiger partial charge < -0.3 is 19.8 Å². The highest BCUT2D eigenvalue weighted by Gasteiger charge is 2.14. The van der Waals surface area contributed by atoms with Crippen LogP contribution in [0.15, 0.2) is 36.7 Å². The number of carbonyl (C=O) groups is 1. The number of ether oxygens (including phenoxy) is 2. The van der Waals surface area contributed by atoms with Crippen LogP contribution in [-0.2, 0) is 18.3 Å². The summed E-state index contributed by atoms with van der Waals surface area (Å²) < 4.78 is 37.2. The fraction of sp³-hybridized carbons (Fsp3) is 0.333. The Bertz CT molecular complexity index is 907.